The number of ether oxygens (including phenoxy) is 1. The summed E-state index contributed by atoms with van der Waals surface area (Å²) in [4.78, 5) is 4.26. The van der Waals surface area contributed by atoms with Crippen molar-refractivity contribution in [1.82, 2.24) is 10.4 Å². The first kappa shape index (κ1) is 15.9. The van der Waals surface area contributed by atoms with Crippen molar-refractivity contribution in [2.75, 3.05) is 12.4 Å². The number of rotatable bonds is 5. The van der Waals surface area contributed by atoms with Crippen molar-refractivity contribution >= 4 is 23.5 Å². The second-order valence-electron chi connectivity index (χ2n) is 4.95. The van der Waals surface area contributed by atoms with Gasteiger partial charge in [0, 0.05) is 27.7 Å². The minimum atomic E-state index is 0.107. The van der Waals surface area contributed by atoms with Gasteiger partial charge in [-0.2, -0.15) is 23.5 Å². The van der Waals surface area contributed by atoms with Gasteiger partial charge in [-0.3, -0.25) is 16.3 Å². The van der Waals surface area contributed by atoms with E-state index in [1.54, 1.807) is 6.20 Å². The molecule has 0 saturated carbocycles. The normalized spacial score (nSPS) is 28.1. The summed E-state index contributed by atoms with van der Waals surface area (Å²) in [6, 6.07) is 2.14. The molecule has 0 spiro atoms. The van der Waals surface area contributed by atoms with Gasteiger partial charge in [0.05, 0.1) is 18.8 Å². The van der Waals surface area contributed by atoms with E-state index in [-0.39, 0.29) is 6.04 Å². The molecule has 0 aromatic carbocycles. The molecule has 2 rings (SSSR count). The zero-order valence-electron chi connectivity index (χ0n) is 12.2. The van der Waals surface area contributed by atoms with Crippen molar-refractivity contribution in [3.8, 4) is 5.75 Å². The predicted octanol–water partition coefficient (Wildman–Crippen LogP) is 2.61. The number of nitrogens with two attached hydrogens (primary N) is 1. The van der Waals surface area contributed by atoms with Crippen LogP contribution in [-0.4, -0.2) is 33.1 Å². The monoisotopic (exact) mass is 313 g/mol. The molecule has 0 amide bonds. The highest BCUT2D eigenvalue weighted by molar-refractivity contribution is 8.07. The second-order valence-corrected chi connectivity index (χ2v) is 7.98. The Morgan fingerprint density at radius 1 is 1.45 bits per heavy atom. The molecule has 1 aromatic rings. The lowest BCUT2D eigenvalue weighted by Gasteiger charge is -2.35. The Bertz CT molecular complexity index is 433. The summed E-state index contributed by atoms with van der Waals surface area (Å²) in [6.07, 6.45) is 3.62. The van der Waals surface area contributed by atoms with Crippen LogP contribution in [0.4, 0.5) is 0 Å². The predicted molar refractivity (Wildman–Crippen MR) is 88.2 cm³/mol. The van der Waals surface area contributed by atoms with E-state index in [9.17, 15) is 0 Å². The molecule has 1 aromatic heterocycles. The number of pyridine rings is 1. The van der Waals surface area contributed by atoms with Crippen molar-refractivity contribution < 1.29 is 4.74 Å². The maximum atomic E-state index is 5.80. The Labute approximate surface area is 129 Å². The molecule has 1 aliphatic rings. The number of hydrogen-bond donors (Lipinski definition) is 2. The number of nitrogens with zero attached hydrogens (tertiary/aromatic N) is 1. The van der Waals surface area contributed by atoms with Crippen molar-refractivity contribution in [2.24, 2.45) is 5.84 Å². The van der Waals surface area contributed by atoms with Crippen LogP contribution in [0, 0.1) is 0 Å². The highest BCUT2D eigenvalue weighted by atomic mass is 32.2. The van der Waals surface area contributed by atoms with E-state index in [4.69, 9.17) is 10.6 Å². The van der Waals surface area contributed by atoms with Crippen molar-refractivity contribution in [3.63, 3.8) is 0 Å². The standard InChI is InChI=1S/C14H23N3OS2/c1-4-18-12-5-11(6-16-7-12)14(17-15)13-8-19-9(2)10(3)20-13/h5-7,9-10,13-14,17H,4,8,15H2,1-3H3. The fourth-order valence-corrected chi connectivity index (χ4v) is 5.35. The van der Waals surface area contributed by atoms with Crippen LogP contribution in [0.1, 0.15) is 32.4 Å². The van der Waals surface area contributed by atoms with E-state index in [0.717, 1.165) is 17.1 Å². The molecule has 4 nitrogen and oxygen atoms in total. The van der Waals surface area contributed by atoms with Gasteiger partial charge < -0.3 is 4.74 Å². The van der Waals surface area contributed by atoms with E-state index in [0.29, 0.717) is 22.4 Å². The van der Waals surface area contributed by atoms with Gasteiger partial charge in [0.1, 0.15) is 5.75 Å². The van der Waals surface area contributed by atoms with Crippen LogP contribution in [0.5, 0.6) is 5.75 Å². The smallest absolute Gasteiger partial charge is 0.137 e. The van der Waals surface area contributed by atoms with Gasteiger partial charge >= 0.3 is 0 Å². The molecular formula is C14H23N3OS2. The molecule has 0 aliphatic carbocycles. The SMILES string of the molecule is CCOc1cncc(C(NN)C2CSC(C)C(C)S2)c1. The highest BCUT2D eigenvalue weighted by Crippen LogP contribution is 2.40. The number of thioether (sulfide) groups is 2. The van der Waals surface area contributed by atoms with Crippen LogP contribution >= 0.6 is 23.5 Å². The van der Waals surface area contributed by atoms with E-state index < -0.39 is 0 Å². The fourth-order valence-electron chi connectivity index (χ4n) is 2.25. The van der Waals surface area contributed by atoms with E-state index in [2.05, 4.69) is 24.3 Å². The summed E-state index contributed by atoms with van der Waals surface area (Å²) in [7, 11) is 0. The molecule has 20 heavy (non-hydrogen) atoms. The molecule has 1 saturated heterocycles. The number of nitrogens with one attached hydrogen (secondary N) is 1. The van der Waals surface area contributed by atoms with Crippen LogP contribution in [0.2, 0.25) is 0 Å². The third-order valence-electron chi connectivity index (χ3n) is 3.53. The quantitative estimate of drug-likeness (QED) is 0.644. The Morgan fingerprint density at radius 2 is 2.25 bits per heavy atom. The Kier molecular flexibility index (Phi) is 6.01. The Balaban J connectivity index is 2.13. The molecule has 1 fully saturated rings. The molecule has 0 bridgehead atoms. The summed E-state index contributed by atoms with van der Waals surface area (Å²) in [5.74, 6) is 7.71. The topological polar surface area (TPSA) is 60.2 Å². The molecule has 6 heteroatoms. The third-order valence-corrected chi connectivity index (χ3v) is 7.02. The van der Waals surface area contributed by atoms with Crippen LogP contribution in [0.25, 0.3) is 0 Å². The van der Waals surface area contributed by atoms with E-state index in [1.165, 1.54) is 0 Å². The molecule has 3 N–H and O–H groups in total. The maximum Gasteiger partial charge on any atom is 0.137 e. The van der Waals surface area contributed by atoms with Crippen molar-refractivity contribution in [1.29, 1.82) is 0 Å². The highest BCUT2D eigenvalue weighted by Gasteiger charge is 2.31. The van der Waals surface area contributed by atoms with Gasteiger partial charge in [0.15, 0.2) is 0 Å². The minimum Gasteiger partial charge on any atom is -0.492 e. The summed E-state index contributed by atoms with van der Waals surface area (Å²) in [5, 5.41) is 1.79. The number of aromatic nitrogens is 1. The van der Waals surface area contributed by atoms with Gasteiger partial charge in [-0.25, -0.2) is 0 Å². The zero-order chi connectivity index (χ0) is 14.5. The lowest BCUT2D eigenvalue weighted by atomic mass is 10.1. The molecule has 4 unspecified atom stereocenters. The lowest BCUT2D eigenvalue weighted by molar-refractivity contribution is 0.338. The number of hydrazine groups is 1. The molecule has 2 heterocycles. The molecule has 0 radical (unpaired) electrons. The van der Waals surface area contributed by atoms with E-state index >= 15 is 0 Å². The first-order valence-electron chi connectivity index (χ1n) is 6.96. The van der Waals surface area contributed by atoms with Gasteiger partial charge in [0.25, 0.3) is 0 Å². The Morgan fingerprint density at radius 3 is 2.90 bits per heavy atom. The van der Waals surface area contributed by atoms with Gasteiger partial charge in [-0.15, -0.1) is 0 Å². The number of hydrogen-bond acceptors (Lipinski definition) is 6. The maximum absolute atomic E-state index is 5.80. The minimum absolute atomic E-state index is 0.107. The van der Waals surface area contributed by atoms with E-state index in [1.807, 2.05) is 42.7 Å². The first-order chi connectivity index (χ1) is 9.65. The van der Waals surface area contributed by atoms with Crippen LogP contribution < -0.4 is 16.0 Å². The molecule has 4 atom stereocenters. The van der Waals surface area contributed by atoms with Crippen LogP contribution in [0.3, 0.4) is 0 Å². The summed E-state index contributed by atoms with van der Waals surface area (Å²) in [6.45, 7) is 7.20. The Hall–Kier alpha value is -0.430. The zero-order valence-corrected chi connectivity index (χ0v) is 13.8. The third kappa shape index (κ3) is 3.81. The van der Waals surface area contributed by atoms with Crippen LogP contribution in [-0.2, 0) is 0 Å². The summed E-state index contributed by atoms with van der Waals surface area (Å²) in [5.41, 5.74) is 4.06. The summed E-state index contributed by atoms with van der Waals surface area (Å²) >= 11 is 4.03. The average Bonchev–Trinajstić information content (AvgIpc) is 2.44. The van der Waals surface area contributed by atoms with Gasteiger partial charge in [-0.1, -0.05) is 13.8 Å². The largest absolute Gasteiger partial charge is 0.492 e. The first-order valence-corrected chi connectivity index (χ1v) is 8.95. The lowest BCUT2D eigenvalue weighted by Crippen LogP contribution is -2.40. The molecular weight excluding hydrogens is 290 g/mol. The van der Waals surface area contributed by atoms with Crippen LogP contribution in [0.15, 0.2) is 18.5 Å². The van der Waals surface area contributed by atoms with Crippen molar-refractivity contribution in [3.05, 3.63) is 24.0 Å². The van der Waals surface area contributed by atoms with Gasteiger partial charge in [0.2, 0.25) is 0 Å². The van der Waals surface area contributed by atoms with Gasteiger partial charge in [-0.05, 0) is 18.6 Å². The fraction of sp³-hybridized carbons (Fsp3) is 0.643. The average molecular weight is 313 g/mol. The molecule has 112 valence electrons. The second kappa shape index (κ2) is 7.54. The summed E-state index contributed by atoms with van der Waals surface area (Å²) < 4.78 is 5.52. The molecule has 1 aliphatic heterocycles. The van der Waals surface area contributed by atoms with Crippen molar-refractivity contribution in [2.45, 2.75) is 42.6 Å².